The topological polar surface area (TPSA) is 121 Å². The van der Waals surface area contributed by atoms with Crippen molar-refractivity contribution in [1.29, 1.82) is 21.0 Å². The molecule has 8 aromatic carbocycles. The average molecular weight is 1480 g/mol. The molecule has 538 valence electrons. The Labute approximate surface area is 554 Å². The molecular weight excluding hydrogens is 1450 g/mol. The van der Waals surface area contributed by atoms with Crippen molar-refractivity contribution in [1.82, 2.24) is 9.97 Å². The predicted octanol–water partition coefficient (Wildman–Crippen LogP) is 21.6. The maximum atomic E-state index is 13.8. The van der Waals surface area contributed by atoms with E-state index in [-0.39, 0.29) is 0 Å². The van der Waals surface area contributed by atoms with Crippen LogP contribution in [0.2, 0.25) is 0 Å². The lowest BCUT2D eigenvalue weighted by molar-refractivity contribution is -0.144. The molecule has 1 heterocycles. The molecule has 1 aromatic heterocycles. The second kappa shape index (κ2) is 34.7. The van der Waals surface area contributed by atoms with Gasteiger partial charge in [-0.15, -0.1) is 0 Å². The molecule has 9 aromatic rings. The summed E-state index contributed by atoms with van der Waals surface area (Å²) in [5, 5.41) is 34.2. The molecule has 6 nitrogen and oxygen atoms in total. The molecule has 36 heteroatoms. The van der Waals surface area contributed by atoms with Crippen molar-refractivity contribution in [2.45, 2.75) is 67.0 Å². The predicted molar refractivity (Wildman–Crippen MR) is 298 cm³/mol. The third-order valence-corrected chi connectivity index (χ3v) is 12.8. The van der Waals surface area contributed by atoms with E-state index in [4.69, 9.17) is 21.0 Å². The minimum absolute atomic E-state index is 0.443. The average Bonchev–Trinajstić information content (AvgIpc) is 0.752. The normalized spacial score (nSPS) is 10.8. The number of aryl methyl sites for hydroxylation is 4. The molecule has 9 rings (SSSR count). The van der Waals surface area contributed by atoms with Gasteiger partial charge in [-0.05, 0) is 108 Å². The Morgan fingerprint density at radius 2 is 0.539 bits per heavy atom. The van der Waals surface area contributed by atoms with Crippen LogP contribution >= 0.6 is 0 Å². The lowest BCUT2D eigenvalue weighted by Crippen LogP contribution is -2.17. The largest absolute Gasteiger partial charge is 0.422 e. The summed E-state index contributed by atoms with van der Waals surface area (Å²) in [6.45, 7) is 9.27. The second-order valence-corrected chi connectivity index (χ2v) is 20.1. The van der Waals surface area contributed by atoms with Gasteiger partial charge >= 0.3 is 18.5 Å². The summed E-state index contributed by atoms with van der Waals surface area (Å²) >= 11 is 0. The Morgan fingerprint density at radius 1 is 0.265 bits per heavy atom. The molecule has 0 atom stereocenters. The maximum absolute atomic E-state index is 13.8. The molecule has 0 aliphatic heterocycles. The van der Waals surface area contributed by atoms with E-state index in [2.05, 4.69) is 9.97 Å². The highest BCUT2D eigenvalue weighted by molar-refractivity contribution is 5.69. The van der Waals surface area contributed by atoms with E-state index in [9.17, 15) is 132 Å². The van der Waals surface area contributed by atoms with Crippen molar-refractivity contribution in [3.8, 4) is 46.5 Å². The number of nitrogens with zero attached hydrogens (tertiary/aromatic N) is 6. The van der Waals surface area contributed by atoms with Gasteiger partial charge in [0.2, 0.25) is 5.82 Å². The molecule has 0 saturated heterocycles. The smallest absolute Gasteiger partial charge is 0.245 e. The number of benzene rings is 8. The van der Waals surface area contributed by atoms with Crippen LogP contribution in [-0.4, -0.2) is 9.97 Å². The maximum Gasteiger partial charge on any atom is 0.422 e. The molecule has 0 bridgehead atoms. The van der Waals surface area contributed by atoms with E-state index in [0.717, 1.165) is 34.4 Å². The Hall–Kier alpha value is -11.3. The first-order valence-electron chi connectivity index (χ1n) is 26.7. The van der Waals surface area contributed by atoms with Gasteiger partial charge in [0.15, 0.2) is 116 Å². The van der Waals surface area contributed by atoms with E-state index in [1.165, 1.54) is 18.5 Å². The summed E-state index contributed by atoms with van der Waals surface area (Å²) in [6.07, 6.45) is -10.5. The van der Waals surface area contributed by atoms with Crippen LogP contribution in [0, 0.1) is 216 Å². The third-order valence-electron chi connectivity index (χ3n) is 12.8. The van der Waals surface area contributed by atoms with Crippen LogP contribution in [0.5, 0.6) is 0 Å². The number of halogens is 30. The van der Waals surface area contributed by atoms with Crippen molar-refractivity contribution >= 4 is 0 Å². The molecular formula is C66H34F30N6. The Morgan fingerprint density at radius 3 is 0.814 bits per heavy atom. The zero-order valence-corrected chi connectivity index (χ0v) is 51.5. The number of aromatic nitrogens is 2. The van der Waals surface area contributed by atoms with Gasteiger partial charge in [0.1, 0.15) is 29.6 Å². The summed E-state index contributed by atoms with van der Waals surface area (Å²) in [6, 6.07) is 23.2. The van der Waals surface area contributed by atoms with Gasteiger partial charge < -0.3 is 0 Å². The van der Waals surface area contributed by atoms with Crippen molar-refractivity contribution in [2.75, 3.05) is 0 Å². The van der Waals surface area contributed by atoms with E-state index in [0.29, 0.717) is 43.0 Å². The number of hydrogen-bond donors (Lipinski definition) is 0. The lowest BCUT2D eigenvalue weighted by atomic mass is 9.97. The van der Waals surface area contributed by atoms with E-state index in [1.807, 2.05) is 51.1 Å². The van der Waals surface area contributed by atoms with Gasteiger partial charge in [-0.1, -0.05) is 23.8 Å². The summed E-state index contributed by atoms with van der Waals surface area (Å²) in [5.41, 5.74) is -12.5. The first kappa shape index (κ1) is 84.9. The first-order valence-corrected chi connectivity index (χ1v) is 26.7. The summed E-state index contributed by atoms with van der Waals surface area (Å²) in [5.74, 6) is -51.3. The highest BCUT2D eigenvalue weighted by atomic mass is 19.4. The highest BCUT2D eigenvalue weighted by Crippen LogP contribution is 2.43. The molecule has 0 fully saturated rings. The van der Waals surface area contributed by atoms with Gasteiger partial charge in [0.25, 0.3) is 0 Å². The van der Waals surface area contributed by atoms with Crippen molar-refractivity contribution in [3.63, 3.8) is 0 Å². The zero-order valence-electron chi connectivity index (χ0n) is 51.5. The third kappa shape index (κ3) is 19.8. The standard InChI is InChI=1S/C14H3F11.C13H3F9.2C9H6N2.C8H3F7.C8H7F3.C5H6N2/c1-2-6(15)8(17)3(9(18)7(2)16)4-10(19)12(21)5(14(23,24)25)13(22)11(4)20;1-2-5(14)7(16)3(8(17)6(2)15)4-9(18)11(20)13(22)12(21)10(4)19;1-7-2-8(5-10)4-9(3-7)6-11;1-7-2-3-8(5-10)9(4-7)6-11;1-2-4(9)6(11)3(8(13,14)15)7(12)5(2)10;1-6-2-4-7(5-3-6)8(9,10)11;1-5-2-6-4-7-3-5/h1H3;1H3;2*2-4H,1H3;1H3;2-5H,1H3;2-4H,1H3. The molecule has 0 amide bonds. The van der Waals surface area contributed by atoms with Gasteiger partial charge in [-0.2, -0.15) is 60.6 Å². The fourth-order valence-corrected chi connectivity index (χ4v) is 7.71. The molecule has 0 radical (unpaired) electrons. The van der Waals surface area contributed by atoms with E-state index in [1.54, 1.807) is 49.6 Å². The molecule has 0 saturated carbocycles. The molecule has 0 N–H and O–H groups in total. The van der Waals surface area contributed by atoms with Gasteiger partial charge in [-0.3, -0.25) is 0 Å². The van der Waals surface area contributed by atoms with E-state index >= 15 is 0 Å². The number of nitriles is 4. The Kier molecular flexibility index (Phi) is 28.9. The van der Waals surface area contributed by atoms with Crippen LogP contribution in [0.25, 0.3) is 22.3 Å². The van der Waals surface area contributed by atoms with Gasteiger partial charge in [0.05, 0.1) is 62.2 Å². The Bertz CT molecular complexity index is 4540. The van der Waals surface area contributed by atoms with Crippen LogP contribution < -0.4 is 0 Å². The molecule has 102 heavy (non-hydrogen) atoms. The highest BCUT2D eigenvalue weighted by Gasteiger charge is 2.45. The van der Waals surface area contributed by atoms with E-state index < -0.39 is 196 Å². The monoisotopic (exact) mass is 1480 g/mol. The van der Waals surface area contributed by atoms with Gasteiger partial charge in [-0.25, -0.2) is 102 Å². The first-order chi connectivity index (χ1) is 47.0. The lowest BCUT2D eigenvalue weighted by Gasteiger charge is -2.16. The van der Waals surface area contributed by atoms with Crippen LogP contribution in [0.1, 0.15) is 77.9 Å². The van der Waals surface area contributed by atoms with Crippen molar-refractivity contribution in [2.24, 2.45) is 0 Å². The molecule has 0 aliphatic carbocycles. The second-order valence-electron chi connectivity index (χ2n) is 20.1. The minimum atomic E-state index is -5.89. The van der Waals surface area contributed by atoms with Gasteiger partial charge in [0, 0.05) is 29.1 Å². The van der Waals surface area contributed by atoms with Crippen LogP contribution in [0.3, 0.4) is 0 Å². The summed E-state index contributed by atoms with van der Waals surface area (Å²) in [4.78, 5) is 7.55. The quantitative estimate of drug-likeness (QED) is 0.0965. The van der Waals surface area contributed by atoms with Crippen molar-refractivity contribution < 1.29 is 132 Å². The molecule has 0 unspecified atom stereocenters. The van der Waals surface area contributed by atoms with Crippen molar-refractivity contribution in [3.05, 3.63) is 279 Å². The summed E-state index contributed by atoms with van der Waals surface area (Å²) in [7, 11) is 0. The molecule has 0 aliphatic rings. The van der Waals surface area contributed by atoms with Crippen LogP contribution in [0.15, 0.2) is 79.4 Å². The minimum Gasteiger partial charge on any atom is -0.245 e. The molecule has 0 spiro atoms. The number of rotatable bonds is 2. The Balaban J connectivity index is 0.000000321. The fraction of sp³-hybridized carbons (Fsp3) is 0.152. The zero-order chi connectivity index (χ0) is 78.5. The number of alkyl halides is 9. The fourth-order valence-electron chi connectivity index (χ4n) is 7.71. The van der Waals surface area contributed by atoms with Crippen LogP contribution in [-0.2, 0) is 18.5 Å². The van der Waals surface area contributed by atoms with Crippen LogP contribution in [0.4, 0.5) is 132 Å². The summed E-state index contributed by atoms with van der Waals surface area (Å²) < 4.78 is 389. The SMILES string of the molecule is Cc1c(F)c(F)c(-c2c(F)c(F)c(C(F)(F)F)c(F)c2F)c(F)c1F.Cc1c(F)c(F)c(-c2c(F)c(F)c(F)c(F)c2F)c(F)c1F.Cc1c(F)c(F)c(C(F)(F)F)c(F)c1F.Cc1cc(C#N)cc(C#N)c1.Cc1ccc(C#N)c(C#N)c1.Cc1ccc(C(F)(F)F)cc1.Cc1cncnc1. The number of hydrogen-bond acceptors (Lipinski definition) is 6.